The van der Waals surface area contributed by atoms with Gasteiger partial charge in [0.25, 0.3) is 0 Å². The first-order valence-corrected chi connectivity index (χ1v) is 8.49. The van der Waals surface area contributed by atoms with Gasteiger partial charge >= 0.3 is 0 Å². The van der Waals surface area contributed by atoms with E-state index in [1.165, 1.54) is 17.7 Å². The topological polar surface area (TPSA) is 41.1 Å². The summed E-state index contributed by atoms with van der Waals surface area (Å²) in [5, 5.41) is 7.14. The summed E-state index contributed by atoms with van der Waals surface area (Å²) in [4.78, 5) is 12.9. The maximum absolute atomic E-state index is 11.7. The molecule has 0 bridgehead atoms. The Morgan fingerprint density at radius 3 is 2.81 bits per heavy atom. The predicted molar refractivity (Wildman–Crippen MR) is 92.7 cm³/mol. The number of hydrogen-bond donors (Lipinski definition) is 2. The molecule has 0 aromatic heterocycles. The molecular weight excluding hydrogens is 327 g/mol. The number of hydrogen-bond acceptors (Lipinski definition) is 3. The summed E-state index contributed by atoms with van der Waals surface area (Å²) in [5.41, 5.74) is 0. The monoisotopic (exact) mass is 348 g/mol. The minimum Gasteiger partial charge on any atom is -0.355 e. The van der Waals surface area contributed by atoms with Crippen molar-refractivity contribution in [2.24, 2.45) is 0 Å². The van der Waals surface area contributed by atoms with Crippen molar-refractivity contribution < 1.29 is 4.79 Å². The summed E-state index contributed by atoms with van der Waals surface area (Å²) in [5.74, 6) is 1.12. The molecule has 1 aliphatic rings. The Balaban J connectivity index is 0.00000220. The molecule has 0 saturated carbocycles. The van der Waals surface area contributed by atoms with Crippen LogP contribution in [0.15, 0.2) is 29.2 Å². The van der Waals surface area contributed by atoms with E-state index in [9.17, 15) is 4.79 Å². The second-order valence-corrected chi connectivity index (χ2v) is 6.61. The van der Waals surface area contributed by atoms with Gasteiger partial charge in [-0.05, 0) is 55.8 Å². The van der Waals surface area contributed by atoms with Gasteiger partial charge in [-0.15, -0.1) is 24.2 Å². The Hall–Kier alpha value is -0.420. The van der Waals surface area contributed by atoms with Crippen LogP contribution in [0, 0.1) is 0 Å². The summed E-state index contributed by atoms with van der Waals surface area (Å²) < 4.78 is 0. The third-order valence-corrected chi connectivity index (χ3v) is 4.69. The zero-order valence-electron chi connectivity index (χ0n) is 11.9. The van der Waals surface area contributed by atoms with E-state index in [-0.39, 0.29) is 18.3 Å². The Labute approximate surface area is 142 Å². The van der Waals surface area contributed by atoms with Crippen LogP contribution in [0.2, 0.25) is 5.02 Å². The standard InChI is InChI=1S/C15H21ClN2OS.ClH/c16-12-5-7-14(8-6-12)20-10-2-4-15(19)18-11-13-3-1-9-17-13;/h5-8,13,17H,1-4,9-11H2,(H,18,19);1H. The summed E-state index contributed by atoms with van der Waals surface area (Å²) in [6.45, 7) is 1.85. The van der Waals surface area contributed by atoms with Gasteiger partial charge in [-0.1, -0.05) is 11.6 Å². The number of amides is 1. The highest BCUT2D eigenvalue weighted by Crippen LogP contribution is 2.21. The van der Waals surface area contributed by atoms with Crippen LogP contribution in [0.5, 0.6) is 0 Å². The van der Waals surface area contributed by atoms with Gasteiger partial charge < -0.3 is 10.6 Å². The Kier molecular flexibility index (Phi) is 9.16. The minimum atomic E-state index is 0. The van der Waals surface area contributed by atoms with Crippen molar-refractivity contribution in [3.8, 4) is 0 Å². The molecule has 1 aromatic carbocycles. The van der Waals surface area contributed by atoms with Gasteiger partial charge in [0, 0.05) is 28.9 Å². The lowest BCUT2D eigenvalue weighted by Gasteiger charge is -2.11. The van der Waals surface area contributed by atoms with Crippen molar-refractivity contribution in [2.75, 3.05) is 18.8 Å². The lowest BCUT2D eigenvalue weighted by molar-refractivity contribution is -0.121. The molecule has 1 amide bonds. The summed E-state index contributed by atoms with van der Waals surface area (Å²) in [7, 11) is 0. The number of thioether (sulfide) groups is 1. The molecule has 2 N–H and O–H groups in total. The SMILES string of the molecule is Cl.O=C(CCCSc1ccc(Cl)cc1)NCC1CCCN1. The first-order chi connectivity index (χ1) is 9.74. The molecule has 0 aliphatic carbocycles. The smallest absolute Gasteiger partial charge is 0.220 e. The number of nitrogens with one attached hydrogen (secondary N) is 2. The first kappa shape index (κ1) is 18.6. The zero-order valence-corrected chi connectivity index (χ0v) is 14.3. The van der Waals surface area contributed by atoms with Crippen molar-refractivity contribution >= 4 is 41.7 Å². The average molecular weight is 349 g/mol. The van der Waals surface area contributed by atoms with Gasteiger partial charge in [0.05, 0.1) is 0 Å². The van der Waals surface area contributed by atoms with Crippen LogP contribution < -0.4 is 10.6 Å². The van der Waals surface area contributed by atoms with E-state index in [1.807, 2.05) is 24.3 Å². The van der Waals surface area contributed by atoms with Gasteiger partial charge in [-0.2, -0.15) is 0 Å². The molecule has 21 heavy (non-hydrogen) atoms. The third-order valence-electron chi connectivity index (χ3n) is 3.34. The van der Waals surface area contributed by atoms with Gasteiger partial charge in [-0.25, -0.2) is 0 Å². The number of halogens is 2. The molecule has 1 atom stereocenters. The van der Waals surface area contributed by atoms with Crippen molar-refractivity contribution in [3.05, 3.63) is 29.3 Å². The van der Waals surface area contributed by atoms with E-state index in [4.69, 9.17) is 11.6 Å². The van der Waals surface area contributed by atoms with Crippen molar-refractivity contribution in [1.29, 1.82) is 0 Å². The molecule has 0 radical (unpaired) electrons. The van der Waals surface area contributed by atoms with Gasteiger partial charge in [0.15, 0.2) is 0 Å². The molecule has 1 aliphatic heterocycles. The largest absolute Gasteiger partial charge is 0.355 e. The van der Waals surface area contributed by atoms with E-state index < -0.39 is 0 Å². The predicted octanol–water partition coefficient (Wildman–Crippen LogP) is 3.50. The molecule has 2 rings (SSSR count). The Morgan fingerprint density at radius 2 is 2.14 bits per heavy atom. The second-order valence-electron chi connectivity index (χ2n) is 5.00. The summed E-state index contributed by atoms with van der Waals surface area (Å²) in [6, 6.07) is 8.29. The maximum Gasteiger partial charge on any atom is 0.220 e. The number of carbonyl (C=O) groups is 1. The molecule has 0 spiro atoms. The van der Waals surface area contributed by atoms with Gasteiger partial charge in [0.2, 0.25) is 5.91 Å². The van der Waals surface area contributed by atoms with Crippen LogP contribution >= 0.6 is 35.8 Å². The van der Waals surface area contributed by atoms with E-state index in [0.29, 0.717) is 12.5 Å². The molecule has 3 nitrogen and oxygen atoms in total. The average Bonchev–Trinajstić information content (AvgIpc) is 2.96. The molecular formula is C15H22Cl2N2OS. The van der Waals surface area contributed by atoms with E-state index in [1.54, 1.807) is 11.8 Å². The fraction of sp³-hybridized carbons (Fsp3) is 0.533. The van der Waals surface area contributed by atoms with E-state index in [2.05, 4.69) is 10.6 Å². The molecule has 1 heterocycles. The molecule has 1 saturated heterocycles. The fourth-order valence-corrected chi connectivity index (χ4v) is 3.19. The Bertz CT molecular complexity index is 422. The van der Waals surface area contributed by atoms with Crippen molar-refractivity contribution in [3.63, 3.8) is 0 Å². The van der Waals surface area contributed by atoms with E-state index in [0.717, 1.165) is 30.3 Å². The van der Waals surface area contributed by atoms with Crippen LogP contribution in [0.4, 0.5) is 0 Å². The van der Waals surface area contributed by atoms with Crippen LogP contribution in [0.1, 0.15) is 25.7 Å². The lowest BCUT2D eigenvalue weighted by Crippen LogP contribution is -2.37. The van der Waals surface area contributed by atoms with Crippen molar-refractivity contribution in [2.45, 2.75) is 36.6 Å². The van der Waals surface area contributed by atoms with Crippen LogP contribution in [0.3, 0.4) is 0 Å². The Morgan fingerprint density at radius 1 is 1.38 bits per heavy atom. The highest BCUT2D eigenvalue weighted by Gasteiger charge is 2.14. The summed E-state index contributed by atoms with van der Waals surface area (Å²) >= 11 is 7.60. The highest BCUT2D eigenvalue weighted by atomic mass is 35.5. The highest BCUT2D eigenvalue weighted by molar-refractivity contribution is 7.99. The normalized spacial score (nSPS) is 17.3. The number of benzene rings is 1. The molecule has 1 fully saturated rings. The molecule has 1 unspecified atom stereocenters. The lowest BCUT2D eigenvalue weighted by atomic mass is 10.2. The molecule has 1 aromatic rings. The van der Waals surface area contributed by atoms with Gasteiger partial charge in [-0.3, -0.25) is 4.79 Å². The van der Waals surface area contributed by atoms with Gasteiger partial charge in [0.1, 0.15) is 0 Å². The van der Waals surface area contributed by atoms with Crippen LogP contribution in [-0.2, 0) is 4.79 Å². The number of rotatable bonds is 7. The zero-order chi connectivity index (χ0) is 14.2. The quantitative estimate of drug-likeness (QED) is 0.585. The van der Waals surface area contributed by atoms with Crippen molar-refractivity contribution in [1.82, 2.24) is 10.6 Å². The molecule has 118 valence electrons. The van der Waals surface area contributed by atoms with Crippen LogP contribution in [-0.4, -0.2) is 30.8 Å². The fourth-order valence-electron chi connectivity index (χ4n) is 2.21. The summed E-state index contributed by atoms with van der Waals surface area (Å²) in [6.07, 6.45) is 3.90. The molecule has 6 heteroatoms. The first-order valence-electron chi connectivity index (χ1n) is 7.12. The minimum absolute atomic E-state index is 0. The van der Waals surface area contributed by atoms with E-state index >= 15 is 0 Å². The maximum atomic E-state index is 11.7. The third kappa shape index (κ3) is 7.41. The van der Waals surface area contributed by atoms with Crippen LogP contribution in [0.25, 0.3) is 0 Å². The second kappa shape index (κ2) is 10.3. The number of carbonyl (C=O) groups excluding carboxylic acids is 1.